The van der Waals surface area contributed by atoms with Crippen LogP contribution >= 0.6 is 0 Å². The summed E-state index contributed by atoms with van der Waals surface area (Å²) in [5, 5.41) is 0. The van der Waals surface area contributed by atoms with Gasteiger partial charge in [-0.05, 0) is 57.9 Å². The quantitative estimate of drug-likeness (QED) is 0.606. The monoisotopic (exact) mass is 453 g/mol. The van der Waals surface area contributed by atoms with E-state index in [2.05, 4.69) is 23.7 Å². The van der Waals surface area contributed by atoms with Crippen molar-refractivity contribution in [3.8, 4) is 11.5 Å². The number of pyridine rings is 1. The van der Waals surface area contributed by atoms with Crippen LogP contribution in [0.1, 0.15) is 49.5 Å². The van der Waals surface area contributed by atoms with Crippen LogP contribution in [-0.4, -0.2) is 71.7 Å². The van der Waals surface area contributed by atoms with Crippen LogP contribution in [0.25, 0.3) is 0 Å². The third-order valence-electron chi connectivity index (χ3n) is 6.21. The maximum absolute atomic E-state index is 13.5. The van der Waals surface area contributed by atoms with E-state index in [1.807, 2.05) is 42.2 Å². The van der Waals surface area contributed by atoms with Gasteiger partial charge in [0.15, 0.2) is 11.5 Å². The van der Waals surface area contributed by atoms with E-state index in [9.17, 15) is 4.79 Å². The highest BCUT2D eigenvalue weighted by Crippen LogP contribution is 2.31. The molecule has 2 aromatic rings. The average molecular weight is 454 g/mol. The molecule has 0 N–H and O–H groups in total. The molecule has 178 valence electrons. The Balaban J connectivity index is 1.44. The third kappa shape index (κ3) is 6.03. The summed E-state index contributed by atoms with van der Waals surface area (Å²) in [4.78, 5) is 22.0. The number of amides is 1. The highest BCUT2D eigenvalue weighted by atomic mass is 16.5. The molecule has 1 amide bonds. The van der Waals surface area contributed by atoms with Crippen LogP contribution in [0.5, 0.6) is 11.5 Å². The van der Waals surface area contributed by atoms with Gasteiger partial charge in [0, 0.05) is 55.7 Å². The van der Waals surface area contributed by atoms with Crippen LogP contribution in [0.15, 0.2) is 42.7 Å². The predicted molar refractivity (Wildman–Crippen MR) is 127 cm³/mol. The number of ether oxygens (including phenoxy) is 3. The zero-order valence-electron chi connectivity index (χ0n) is 19.9. The molecule has 0 radical (unpaired) electrons. The molecule has 0 spiro atoms. The number of hydrogen-bond acceptors (Lipinski definition) is 6. The standard InChI is InChI=1S/C26H35N3O4/c1-4-31-25-13-22(9-10-24(25)32-18-21-7-5-11-27-14-21)26(30)29-12-6-8-23(29)17-28-15-19(2)33-20(3)16-28/h5,7,9-11,13-14,19-20,23H,4,6,8,12,15-18H2,1-3H3. The number of nitrogens with zero attached hydrogens (tertiary/aromatic N) is 3. The van der Waals surface area contributed by atoms with Crippen LogP contribution in [0.4, 0.5) is 0 Å². The molecule has 0 saturated carbocycles. The first kappa shape index (κ1) is 23.5. The molecule has 0 bridgehead atoms. The smallest absolute Gasteiger partial charge is 0.254 e. The Morgan fingerprint density at radius 3 is 2.70 bits per heavy atom. The molecule has 2 aliphatic rings. The van der Waals surface area contributed by atoms with E-state index >= 15 is 0 Å². The van der Waals surface area contributed by atoms with Crippen LogP contribution in [-0.2, 0) is 11.3 Å². The Hall–Kier alpha value is -2.64. The van der Waals surface area contributed by atoms with Gasteiger partial charge >= 0.3 is 0 Å². The normalized spacial score (nSPS) is 23.5. The number of aromatic nitrogens is 1. The van der Waals surface area contributed by atoms with E-state index in [0.29, 0.717) is 30.3 Å². The molecule has 4 rings (SSSR count). The zero-order chi connectivity index (χ0) is 23.2. The highest BCUT2D eigenvalue weighted by Gasteiger charge is 2.33. The van der Waals surface area contributed by atoms with Crippen LogP contribution in [0.3, 0.4) is 0 Å². The Labute approximate surface area is 196 Å². The SMILES string of the molecule is CCOc1cc(C(=O)N2CCCC2CN2CC(C)OC(C)C2)ccc1OCc1cccnc1. The van der Waals surface area contributed by atoms with Crippen molar-refractivity contribution in [3.05, 3.63) is 53.9 Å². The first-order valence-corrected chi connectivity index (χ1v) is 12.0. The number of likely N-dealkylation sites (tertiary alicyclic amines) is 1. The third-order valence-corrected chi connectivity index (χ3v) is 6.21. The Morgan fingerprint density at radius 2 is 1.97 bits per heavy atom. The van der Waals surface area contributed by atoms with Crippen LogP contribution in [0, 0.1) is 0 Å². The summed E-state index contributed by atoms with van der Waals surface area (Å²) in [5.41, 5.74) is 1.62. The van der Waals surface area contributed by atoms with Crippen LogP contribution < -0.4 is 9.47 Å². The minimum Gasteiger partial charge on any atom is -0.490 e. The molecule has 3 unspecified atom stereocenters. The first-order valence-electron chi connectivity index (χ1n) is 12.0. The topological polar surface area (TPSA) is 64.1 Å². The molecule has 1 aromatic heterocycles. The molecular formula is C26H35N3O4. The van der Waals surface area contributed by atoms with Crippen molar-refractivity contribution in [1.82, 2.24) is 14.8 Å². The number of benzene rings is 1. The highest BCUT2D eigenvalue weighted by molar-refractivity contribution is 5.95. The second-order valence-electron chi connectivity index (χ2n) is 9.01. The van der Waals surface area contributed by atoms with Crippen molar-refractivity contribution < 1.29 is 19.0 Å². The average Bonchev–Trinajstić information content (AvgIpc) is 3.26. The minimum atomic E-state index is 0.0617. The minimum absolute atomic E-state index is 0.0617. The van der Waals surface area contributed by atoms with Crippen molar-refractivity contribution >= 4 is 5.91 Å². The van der Waals surface area contributed by atoms with E-state index in [1.165, 1.54) is 0 Å². The van der Waals surface area contributed by atoms with Gasteiger partial charge in [0.2, 0.25) is 0 Å². The van der Waals surface area contributed by atoms with Gasteiger partial charge in [-0.3, -0.25) is 14.7 Å². The number of morpholine rings is 1. The molecule has 3 heterocycles. The lowest BCUT2D eigenvalue weighted by Crippen LogP contribution is -2.50. The maximum Gasteiger partial charge on any atom is 0.254 e. The second kappa shape index (κ2) is 11.0. The van der Waals surface area contributed by atoms with Gasteiger partial charge < -0.3 is 19.1 Å². The zero-order valence-corrected chi connectivity index (χ0v) is 19.9. The van der Waals surface area contributed by atoms with E-state index in [-0.39, 0.29) is 24.2 Å². The predicted octanol–water partition coefficient (Wildman–Crippen LogP) is 3.77. The van der Waals surface area contributed by atoms with Crippen molar-refractivity contribution in [1.29, 1.82) is 0 Å². The lowest BCUT2D eigenvalue weighted by Gasteiger charge is -2.38. The van der Waals surface area contributed by atoms with Crippen molar-refractivity contribution in [3.63, 3.8) is 0 Å². The van der Waals surface area contributed by atoms with Gasteiger partial charge in [0.05, 0.1) is 18.8 Å². The lowest BCUT2D eigenvalue weighted by molar-refractivity contribution is -0.0715. The number of carbonyl (C=O) groups is 1. The summed E-state index contributed by atoms with van der Waals surface area (Å²) >= 11 is 0. The second-order valence-corrected chi connectivity index (χ2v) is 9.01. The van der Waals surface area contributed by atoms with Gasteiger partial charge in [-0.25, -0.2) is 0 Å². The summed E-state index contributed by atoms with van der Waals surface area (Å²) in [6.45, 7) is 10.6. The summed E-state index contributed by atoms with van der Waals surface area (Å²) in [6.07, 6.45) is 6.05. The van der Waals surface area contributed by atoms with Crippen LogP contribution in [0.2, 0.25) is 0 Å². The van der Waals surface area contributed by atoms with E-state index in [1.54, 1.807) is 12.4 Å². The summed E-state index contributed by atoms with van der Waals surface area (Å²) in [5.74, 6) is 1.29. The fourth-order valence-electron chi connectivity index (χ4n) is 4.86. The molecule has 7 heteroatoms. The van der Waals surface area contributed by atoms with Crippen molar-refractivity contribution in [2.75, 3.05) is 32.8 Å². The van der Waals surface area contributed by atoms with Crippen molar-refractivity contribution in [2.45, 2.75) is 58.5 Å². The summed E-state index contributed by atoms with van der Waals surface area (Å²) < 4.78 is 17.7. The van der Waals surface area contributed by atoms with E-state index in [0.717, 1.165) is 44.6 Å². The van der Waals surface area contributed by atoms with Gasteiger partial charge in [-0.15, -0.1) is 0 Å². The molecule has 7 nitrogen and oxygen atoms in total. The lowest BCUT2D eigenvalue weighted by atomic mass is 10.1. The number of rotatable bonds is 8. The molecule has 33 heavy (non-hydrogen) atoms. The van der Waals surface area contributed by atoms with E-state index in [4.69, 9.17) is 14.2 Å². The maximum atomic E-state index is 13.5. The Bertz CT molecular complexity index is 913. The molecule has 2 fully saturated rings. The molecule has 2 saturated heterocycles. The largest absolute Gasteiger partial charge is 0.490 e. The summed E-state index contributed by atoms with van der Waals surface area (Å²) in [6, 6.07) is 9.58. The van der Waals surface area contributed by atoms with Gasteiger partial charge in [0.25, 0.3) is 5.91 Å². The first-order chi connectivity index (χ1) is 16.0. The molecule has 1 aromatic carbocycles. The van der Waals surface area contributed by atoms with Gasteiger partial charge in [-0.2, -0.15) is 0 Å². The Morgan fingerprint density at radius 1 is 1.15 bits per heavy atom. The fourth-order valence-corrected chi connectivity index (χ4v) is 4.86. The molecular weight excluding hydrogens is 418 g/mol. The van der Waals surface area contributed by atoms with Gasteiger partial charge in [0.1, 0.15) is 6.61 Å². The summed E-state index contributed by atoms with van der Waals surface area (Å²) in [7, 11) is 0. The Kier molecular flexibility index (Phi) is 7.83. The molecule has 3 atom stereocenters. The number of hydrogen-bond donors (Lipinski definition) is 0. The van der Waals surface area contributed by atoms with E-state index < -0.39 is 0 Å². The molecule has 0 aliphatic carbocycles. The van der Waals surface area contributed by atoms with Gasteiger partial charge in [-0.1, -0.05) is 6.07 Å². The van der Waals surface area contributed by atoms with Crippen molar-refractivity contribution in [2.24, 2.45) is 0 Å². The number of carbonyl (C=O) groups excluding carboxylic acids is 1. The fraction of sp³-hybridized carbons (Fsp3) is 0.538. The molecule has 2 aliphatic heterocycles.